The minimum atomic E-state index is -0.484. The van der Waals surface area contributed by atoms with Crippen molar-refractivity contribution < 1.29 is 14.3 Å². The van der Waals surface area contributed by atoms with Crippen molar-refractivity contribution in [3.05, 3.63) is 29.8 Å². The normalized spacial score (nSPS) is 16.4. The summed E-state index contributed by atoms with van der Waals surface area (Å²) in [5, 5.41) is 3.49. The Morgan fingerprint density at radius 3 is 2.57 bits per heavy atom. The zero-order valence-electron chi connectivity index (χ0n) is 14.8. The van der Waals surface area contributed by atoms with Crippen LogP contribution in [0, 0.1) is 5.41 Å². The van der Waals surface area contributed by atoms with Gasteiger partial charge in [0.1, 0.15) is 5.60 Å². The molecule has 1 aromatic carbocycles. The molecule has 5 nitrogen and oxygen atoms in total. The van der Waals surface area contributed by atoms with E-state index in [1.54, 1.807) is 11.9 Å². The first-order valence-corrected chi connectivity index (χ1v) is 8.02. The van der Waals surface area contributed by atoms with Gasteiger partial charge in [0.2, 0.25) is 0 Å². The Morgan fingerprint density at radius 2 is 2.00 bits per heavy atom. The molecular formula is C18H28N2O3. The van der Waals surface area contributed by atoms with Gasteiger partial charge in [0.05, 0.1) is 19.8 Å². The van der Waals surface area contributed by atoms with Crippen LogP contribution in [-0.2, 0) is 16.0 Å². The minimum Gasteiger partial charge on any atom is -0.444 e. The maximum Gasteiger partial charge on any atom is 0.410 e. The predicted molar refractivity (Wildman–Crippen MR) is 91.6 cm³/mol. The van der Waals surface area contributed by atoms with Gasteiger partial charge in [-0.05, 0) is 32.4 Å². The van der Waals surface area contributed by atoms with E-state index < -0.39 is 5.60 Å². The van der Waals surface area contributed by atoms with E-state index in [1.165, 1.54) is 0 Å². The zero-order chi connectivity index (χ0) is 17.1. The third-order valence-corrected chi connectivity index (χ3v) is 3.74. The molecule has 0 bridgehead atoms. The van der Waals surface area contributed by atoms with Gasteiger partial charge in [0.15, 0.2) is 0 Å². The monoisotopic (exact) mass is 320 g/mol. The molecule has 0 aliphatic carbocycles. The molecule has 0 atom stereocenters. The molecule has 1 aliphatic heterocycles. The number of carbonyl (C=O) groups is 1. The number of anilines is 1. The summed E-state index contributed by atoms with van der Waals surface area (Å²) in [7, 11) is 1.76. The lowest BCUT2D eigenvalue weighted by atomic mass is 9.88. The first-order valence-electron chi connectivity index (χ1n) is 8.02. The fourth-order valence-corrected chi connectivity index (χ4v) is 2.35. The highest BCUT2D eigenvalue weighted by Crippen LogP contribution is 2.28. The highest BCUT2D eigenvalue weighted by Gasteiger charge is 2.33. The second-order valence-corrected chi connectivity index (χ2v) is 7.65. The summed E-state index contributed by atoms with van der Waals surface area (Å²) < 4.78 is 10.7. The van der Waals surface area contributed by atoms with E-state index in [9.17, 15) is 4.79 Å². The molecule has 1 aromatic rings. The van der Waals surface area contributed by atoms with Crippen LogP contribution in [0.3, 0.4) is 0 Å². The molecule has 23 heavy (non-hydrogen) atoms. The van der Waals surface area contributed by atoms with E-state index in [0.29, 0.717) is 6.54 Å². The van der Waals surface area contributed by atoms with Crippen LogP contribution in [0.15, 0.2) is 24.3 Å². The van der Waals surface area contributed by atoms with Crippen molar-refractivity contribution in [1.29, 1.82) is 0 Å². The van der Waals surface area contributed by atoms with Gasteiger partial charge in [-0.2, -0.15) is 0 Å². The molecule has 0 radical (unpaired) electrons. The molecule has 1 N–H and O–H groups in total. The highest BCUT2D eigenvalue weighted by molar-refractivity contribution is 5.68. The first kappa shape index (κ1) is 17.6. The standard InChI is InChI=1S/C18H28N2O3/c1-17(2,3)23-16(21)20(5)10-14-8-6-7-9-15(14)19-11-18(4)12-22-13-18/h6-9,19H,10-13H2,1-5H3. The van der Waals surface area contributed by atoms with Crippen LogP contribution in [0.5, 0.6) is 0 Å². The van der Waals surface area contributed by atoms with E-state index in [1.807, 2.05) is 45.0 Å². The predicted octanol–water partition coefficient (Wildman–Crippen LogP) is 3.50. The van der Waals surface area contributed by atoms with E-state index in [2.05, 4.69) is 12.2 Å². The number of hydrogen-bond acceptors (Lipinski definition) is 4. The topological polar surface area (TPSA) is 50.8 Å². The van der Waals surface area contributed by atoms with Crippen molar-refractivity contribution in [1.82, 2.24) is 4.90 Å². The van der Waals surface area contributed by atoms with E-state index in [-0.39, 0.29) is 11.5 Å². The zero-order valence-corrected chi connectivity index (χ0v) is 14.8. The van der Waals surface area contributed by atoms with Crippen LogP contribution in [-0.4, -0.2) is 43.4 Å². The Morgan fingerprint density at radius 1 is 1.35 bits per heavy atom. The molecular weight excluding hydrogens is 292 g/mol. The number of hydrogen-bond donors (Lipinski definition) is 1. The van der Waals surface area contributed by atoms with Gasteiger partial charge in [-0.1, -0.05) is 25.1 Å². The Bertz CT molecular complexity index is 547. The Hall–Kier alpha value is -1.75. The average Bonchev–Trinajstić information content (AvgIpc) is 2.42. The lowest BCUT2D eigenvalue weighted by Gasteiger charge is -2.38. The Labute approximate surface area is 139 Å². The van der Waals surface area contributed by atoms with Gasteiger partial charge in [-0.3, -0.25) is 0 Å². The van der Waals surface area contributed by atoms with Crippen LogP contribution in [0.25, 0.3) is 0 Å². The molecule has 1 fully saturated rings. The second kappa shape index (κ2) is 6.79. The van der Waals surface area contributed by atoms with Gasteiger partial charge >= 0.3 is 6.09 Å². The van der Waals surface area contributed by atoms with Gasteiger partial charge in [0, 0.05) is 24.7 Å². The number of nitrogens with zero attached hydrogens (tertiary/aromatic N) is 1. The fourth-order valence-electron chi connectivity index (χ4n) is 2.35. The summed E-state index contributed by atoms with van der Waals surface area (Å²) in [6.45, 7) is 10.8. The van der Waals surface area contributed by atoms with Crippen molar-refractivity contribution in [3.8, 4) is 0 Å². The molecule has 0 unspecified atom stereocenters. The fraction of sp³-hybridized carbons (Fsp3) is 0.611. The van der Waals surface area contributed by atoms with Crippen molar-refractivity contribution in [2.45, 2.75) is 39.8 Å². The molecule has 128 valence electrons. The molecule has 1 amide bonds. The summed E-state index contributed by atoms with van der Waals surface area (Å²) >= 11 is 0. The van der Waals surface area contributed by atoms with Crippen LogP contribution >= 0.6 is 0 Å². The van der Waals surface area contributed by atoms with E-state index >= 15 is 0 Å². The van der Waals surface area contributed by atoms with E-state index in [4.69, 9.17) is 9.47 Å². The molecule has 0 aromatic heterocycles. The molecule has 2 rings (SSSR count). The number of rotatable bonds is 5. The summed E-state index contributed by atoms with van der Waals surface area (Å²) in [4.78, 5) is 13.7. The second-order valence-electron chi connectivity index (χ2n) is 7.65. The molecule has 0 saturated carbocycles. The van der Waals surface area contributed by atoms with Gasteiger partial charge in [0.25, 0.3) is 0 Å². The number of benzene rings is 1. The largest absolute Gasteiger partial charge is 0.444 e. The highest BCUT2D eigenvalue weighted by atomic mass is 16.6. The number of ether oxygens (including phenoxy) is 2. The summed E-state index contributed by atoms with van der Waals surface area (Å²) in [6, 6.07) is 8.06. The van der Waals surface area contributed by atoms with E-state index in [0.717, 1.165) is 31.0 Å². The summed E-state index contributed by atoms with van der Waals surface area (Å²) in [5.74, 6) is 0. The van der Waals surface area contributed by atoms with Gasteiger partial charge < -0.3 is 19.7 Å². The van der Waals surface area contributed by atoms with Gasteiger partial charge in [-0.15, -0.1) is 0 Å². The molecule has 1 saturated heterocycles. The minimum absolute atomic E-state index is 0.199. The molecule has 0 spiro atoms. The van der Waals surface area contributed by atoms with Crippen molar-refractivity contribution in [2.75, 3.05) is 32.1 Å². The Kier molecular flexibility index (Phi) is 5.19. The smallest absolute Gasteiger partial charge is 0.410 e. The maximum absolute atomic E-state index is 12.1. The number of carbonyl (C=O) groups excluding carboxylic acids is 1. The van der Waals surface area contributed by atoms with Crippen LogP contribution in [0.2, 0.25) is 0 Å². The molecule has 5 heteroatoms. The Balaban J connectivity index is 1.97. The number of amides is 1. The SMILES string of the molecule is CN(Cc1ccccc1NCC1(C)COC1)C(=O)OC(C)(C)C. The third kappa shape index (κ3) is 5.13. The number of para-hydroxylation sites is 1. The lowest BCUT2D eigenvalue weighted by molar-refractivity contribution is -0.0924. The number of nitrogens with one attached hydrogen (secondary N) is 1. The molecule has 1 heterocycles. The van der Waals surface area contributed by atoms with Crippen LogP contribution < -0.4 is 5.32 Å². The quantitative estimate of drug-likeness (QED) is 0.902. The summed E-state index contributed by atoms with van der Waals surface area (Å²) in [6.07, 6.45) is -0.313. The van der Waals surface area contributed by atoms with Crippen LogP contribution in [0.1, 0.15) is 33.3 Å². The van der Waals surface area contributed by atoms with Gasteiger partial charge in [-0.25, -0.2) is 4.79 Å². The first-order chi connectivity index (χ1) is 10.7. The lowest BCUT2D eigenvalue weighted by Crippen LogP contribution is -2.45. The molecule has 1 aliphatic rings. The van der Waals surface area contributed by atoms with Crippen molar-refractivity contribution >= 4 is 11.8 Å². The van der Waals surface area contributed by atoms with Crippen molar-refractivity contribution in [2.24, 2.45) is 5.41 Å². The van der Waals surface area contributed by atoms with Crippen LogP contribution in [0.4, 0.5) is 10.5 Å². The third-order valence-electron chi connectivity index (χ3n) is 3.74. The average molecular weight is 320 g/mol. The summed E-state index contributed by atoms with van der Waals surface area (Å²) in [5.41, 5.74) is 1.84. The maximum atomic E-state index is 12.1. The van der Waals surface area contributed by atoms with Crippen molar-refractivity contribution in [3.63, 3.8) is 0 Å².